The Morgan fingerprint density at radius 1 is 0.531 bits per heavy atom. The predicted octanol–water partition coefficient (Wildman–Crippen LogP) is 9.07. The first kappa shape index (κ1) is 22.9. The van der Waals surface area contributed by atoms with Crippen molar-refractivity contribution in [2.75, 3.05) is 0 Å². The first-order valence-electron chi connectivity index (χ1n) is 11.9. The highest BCUT2D eigenvalue weighted by Gasteiger charge is 2.10. The van der Waals surface area contributed by atoms with Gasteiger partial charge in [-0.3, -0.25) is 9.97 Å². The van der Waals surface area contributed by atoms with Crippen molar-refractivity contribution in [1.29, 1.82) is 0 Å². The molecule has 0 bridgehead atoms. The first-order chi connectivity index (χ1) is 15.8. The van der Waals surface area contributed by atoms with E-state index in [1.54, 1.807) is 0 Å². The fourth-order valence-electron chi connectivity index (χ4n) is 3.80. The van der Waals surface area contributed by atoms with Crippen molar-refractivity contribution >= 4 is 22.7 Å². The molecule has 0 aliphatic heterocycles. The molecule has 4 rings (SSSR count). The highest BCUT2D eigenvalue weighted by atomic mass is 32.1. The van der Waals surface area contributed by atoms with E-state index >= 15 is 0 Å². The van der Waals surface area contributed by atoms with Crippen LogP contribution < -0.4 is 0 Å². The number of nitrogens with zero attached hydrogens (tertiary/aromatic N) is 2. The molecule has 166 valence electrons. The van der Waals surface area contributed by atoms with Crippen molar-refractivity contribution in [3.05, 3.63) is 72.3 Å². The molecule has 0 N–H and O–H groups in total. The molecule has 0 saturated heterocycles. The Bertz CT molecular complexity index is 1000. The van der Waals surface area contributed by atoms with Crippen molar-refractivity contribution in [3.8, 4) is 30.6 Å². The summed E-state index contributed by atoms with van der Waals surface area (Å²) < 4.78 is 0. The molecule has 4 aromatic rings. The number of hydrogen-bond acceptors (Lipinski definition) is 4. The summed E-state index contributed by atoms with van der Waals surface area (Å²) in [6, 6.07) is 17.7. The van der Waals surface area contributed by atoms with Crippen LogP contribution in [0.1, 0.15) is 63.8 Å². The fourth-order valence-corrected chi connectivity index (χ4v) is 5.88. The molecule has 32 heavy (non-hydrogen) atoms. The van der Waals surface area contributed by atoms with Gasteiger partial charge in [0.15, 0.2) is 0 Å². The van der Waals surface area contributed by atoms with Crippen LogP contribution in [0.3, 0.4) is 0 Å². The van der Waals surface area contributed by atoms with Crippen LogP contribution in [0.2, 0.25) is 0 Å². The Kier molecular flexibility index (Phi) is 8.24. The summed E-state index contributed by atoms with van der Waals surface area (Å²) in [5.41, 5.74) is 4.82. The average molecular weight is 461 g/mol. The summed E-state index contributed by atoms with van der Waals surface area (Å²) in [5.74, 6) is 0. The van der Waals surface area contributed by atoms with Gasteiger partial charge in [-0.2, -0.15) is 0 Å². The summed E-state index contributed by atoms with van der Waals surface area (Å²) in [5, 5.41) is 0. The van der Waals surface area contributed by atoms with Crippen LogP contribution in [-0.2, 0) is 12.8 Å². The highest BCUT2D eigenvalue weighted by Crippen LogP contribution is 2.40. The minimum atomic E-state index is 1.08. The van der Waals surface area contributed by atoms with Crippen molar-refractivity contribution in [1.82, 2.24) is 9.97 Å². The second-order valence-corrected chi connectivity index (χ2v) is 10.5. The Morgan fingerprint density at radius 2 is 0.969 bits per heavy atom. The molecule has 0 atom stereocenters. The summed E-state index contributed by atoms with van der Waals surface area (Å²) in [6.45, 7) is 4.48. The lowest BCUT2D eigenvalue weighted by atomic mass is 10.1. The van der Waals surface area contributed by atoms with Gasteiger partial charge in [-0.15, -0.1) is 22.7 Å². The van der Waals surface area contributed by atoms with E-state index in [-0.39, 0.29) is 0 Å². The number of thiophene rings is 2. The first-order valence-corrected chi connectivity index (χ1v) is 13.5. The van der Waals surface area contributed by atoms with E-state index in [2.05, 4.69) is 72.3 Å². The molecule has 0 aromatic carbocycles. The smallest absolute Gasteiger partial charge is 0.0449 e. The van der Waals surface area contributed by atoms with Gasteiger partial charge in [0.05, 0.1) is 0 Å². The van der Waals surface area contributed by atoms with E-state index in [0.29, 0.717) is 0 Å². The lowest BCUT2D eigenvalue weighted by molar-refractivity contribution is 0.707. The van der Waals surface area contributed by atoms with Gasteiger partial charge >= 0.3 is 0 Å². The maximum Gasteiger partial charge on any atom is 0.0449 e. The standard InChI is InChI=1S/C28H32N2S2/c1-3-5-7-9-23-13-11-21(19-29-23)25-15-17-27(31-25)28-18-16-26(32-28)22-12-14-24(30-20-22)10-8-6-4-2/h11-20H,3-10H2,1-2H3. The van der Waals surface area contributed by atoms with E-state index in [1.165, 1.54) is 80.5 Å². The zero-order valence-corrected chi connectivity index (χ0v) is 20.8. The Morgan fingerprint density at radius 3 is 1.34 bits per heavy atom. The Balaban J connectivity index is 1.42. The van der Waals surface area contributed by atoms with E-state index in [9.17, 15) is 0 Å². The van der Waals surface area contributed by atoms with Crippen LogP contribution in [0.4, 0.5) is 0 Å². The molecular formula is C28H32N2S2. The van der Waals surface area contributed by atoms with Gasteiger partial charge in [0, 0.05) is 54.4 Å². The largest absolute Gasteiger partial charge is 0.261 e. The number of pyridine rings is 2. The van der Waals surface area contributed by atoms with Gasteiger partial charge < -0.3 is 0 Å². The minimum Gasteiger partial charge on any atom is -0.261 e. The molecule has 0 spiro atoms. The number of unbranched alkanes of at least 4 members (excludes halogenated alkanes) is 4. The average Bonchev–Trinajstić information content (AvgIpc) is 3.51. The summed E-state index contributed by atoms with van der Waals surface area (Å²) in [7, 11) is 0. The van der Waals surface area contributed by atoms with E-state index < -0.39 is 0 Å². The number of aromatic nitrogens is 2. The maximum absolute atomic E-state index is 4.69. The molecule has 0 saturated carbocycles. The van der Waals surface area contributed by atoms with Crippen molar-refractivity contribution in [3.63, 3.8) is 0 Å². The third kappa shape index (κ3) is 5.93. The molecule has 0 radical (unpaired) electrons. The summed E-state index contributed by atoms with van der Waals surface area (Å²) in [4.78, 5) is 14.6. The van der Waals surface area contributed by atoms with E-state index in [0.717, 1.165) is 12.8 Å². The van der Waals surface area contributed by atoms with Gasteiger partial charge in [0.25, 0.3) is 0 Å². The van der Waals surface area contributed by atoms with Crippen LogP contribution in [-0.4, -0.2) is 9.97 Å². The Labute approximate surface area is 200 Å². The topological polar surface area (TPSA) is 25.8 Å². The predicted molar refractivity (Wildman–Crippen MR) is 141 cm³/mol. The molecule has 0 aliphatic carbocycles. The second kappa shape index (κ2) is 11.5. The third-order valence-electron chi connectivity index (χ3n) is 5.75. The monoisotopic (exact) mass is 460 g/mol. The van der Waals surface area contributed by atoms with Gasteiger partial charge in [-0.1, -0.05) is 51.7 Å². The molecule has 4 aromatic heterocycles. The Hall–Kier alpha value is -2.30. The molecule has 2 nitrogen and oxygen atoms in total. The van der Waals surface area contributed by atoms with Crippen LogP contribution in [0.5, 0.6) is 0 Å². The van der Waals surface area contributed by atoms with Crippen molar-refractivity contribution < 1.29 is 0 Å². The molecule has 0 aliphatic rings. The third-order valence-corrected chi connectivity index (χ3v) is 8.21. The highest BCUT2D eigenvalue weighted by molar-refractivity contribution is 7.25. The van der Waals surface area contributed by atoms with E-state index in [1.807, 2.05) is 35.1 Å². The van der Waals surface area contributed by atoms with Gasteiger partial charge in [-0.05, 0) is 62.1 Å². The van der Waals surface area contributed by atoms with Gasteiger partial charge in [-0.25, -0.2) is 0 Å². The minimum absolute atomic E-state index is 1.08. The normalized spacial score (nSPS) is 11.2. The van der Waals surface area contributed by atoms with Crippen LogP contribution in [0, 0.1) is 0 Å². The van der Waals surface area contributed by atoms with Gasteiger partial charge in [0.2, 0.25) is 0 Å². The van der Waals surface area contributed by atoms with E-state index in [4.69, 9.17) is 0 Å². The molecule has 0 fully saturated rings. The summed E-state index contributed by atoms with van der Waals surface area (Å²) in [6.07, 6.45) is 13.7. The molecular weight excluding hydrogens is 428 g/mol. The zero-order chi connectivity index (χ0) is 22.2. The molecule has 4 heterocycles. The van der Waals surface area contributed by atoms with Crippen molar-refractivity contribution in [2.45, 2.75) is 65.2 Å². The lowest BCUT2D eigenvalue weighted by Gasteiger charge is -2.02. The lowest BCUT2D eigenvalue weighted by Crippen LogP contribution is -1.89. The van der Waals surface area contributed by atoms with Crippen LogP contribution in [0.15, 0.2) is 60.9 Å². The molecule has 0 unspecified atom stereocenters. The van der Waals surface area contributed by atoms with Crippen LogP contribution in [0.25, 0.3) is 30.6 Å². The molecule has 4 heteroatoms. The molecule has 0 amide bonds. The number of aryl methyl sites for hydroxylation is 2. The quantitative estimate of drug-likeness (QED) is 0.209. The number of rotatable bonds is 11. The number of hydrogen-bond donors (Lipinski definition) is 0. The SMILES string of the molecule is CCCCCc1ccc(-c2ccc(-c3ccc(-c4ccc(CCCCC)nc4)s3)s2)cn1. The zero-order valence-electron chi connectivity index (χ0n) is 19.1. The van der Waals surface area contributed by atoms with Crippen molar-refractivity contribution in [2.24, 2.45) is 0 Å². The summed E-state index contributed by atoms with van der Waals surface area (Å²) >= 11 is 3.69. The second-order valence-electron chi connectivity index (χ2n) is 8.32. The maximum atomic E-state index is 4.69. The fraction of sp³-hybridized carbons (Fsp3) is 0.357. The van der Waals surface area contributed by atoms with Gasteiger partial charge in [0.1, 0.15) is 0 Å². The van der Waals surface area contributed by atoms with Crippen LogP contribution >= 0.6 is 22.7 Å².